The third-order valence-corrected chi connectivity index (χ3v) is 19.0. The SMILES string of the molecule is CCc1ccccc1-c1cc2cc(Nc3cnn(CCO)c3)ncc2c(N)n1.CNC(=O)C(C)(C)n1cc(Nc2cc3cc(-c4ccccc4C)nc(N)c3cn2)cn1.Cc1ccccc1-c1cc2cc(Nc3ccn(C)c(=O)c3)ncc2c(N)n1.Cc1ccccc1-c1cc2cc(Nc3cnn(CCO)c3)ncc2c(N)n1. The van der Waals surface area contributed by atoms with E-state index < -0.39 is 5.54 Å². The minimum atomic E-state index is -0.811. The Hall–Kier alpha value is -14.5. The van der Waals surface area contributed by atoms with Gasteiger partial charge in [-0.1, -0.05) is 104 Å². The summed E-state index contributed by atoms with van der Waals surface area (Å²) in [6.45, 7) is 12.9. The number of aliphatic hydroxyl groups excluding tert-OH is 2. The maximum atomic E-state index is 12.1. The Labute approximate surface area is 650 Å². The first-order chi connectivity index (χ1) is 54.6. The third kappa shape index (κ3) is 17.8. The first-order valence-electron chi connectivity index (χ1n) is 36.4. The first-order valence-corrected chi connectivity index (χ1v) is 36.4. The predicted octanol–water partition coefficient (Wildman–Crippen LogP) is 13.7. The number of aromatic nitrogens is 15. The zero-order valence-electron chi connectivity index (χ0n) is 63.6. The van der Waals surface area contributed by atoms with Gasteiger partial charge in [-0.05, 0) is 139 Å². The lowest BCUT2D eigenvalue weighted by Crippen LogP contribution is -2.43. The van der Waals surface area contributed by atoms with E-state index in [4.69, 9.17) is 33.1 Å². The van der Waals surface area contributed by atoms with Gasteiger partial charge in [-0.2, -0.15) is 15.3 Å². The van der Waals surface area contributed by atoms with Crippen molar-refractivity contribution in [2.24, 2.45) is 7.05 Å². The molecule has 28 heteroatoms. The van der Waals surface area contributed by atoms with Crippen LogP contribution in [0.15, 0.2) is 231 Å². The van der Waals surface area contributed by atoms with Crippen molar-refractivity contribution in [1.29, 1.82) is 0 Å². The van der Waals surface area contributed by atoms with Crippen LogP contribution in [-0.2, 0) is 36.9 Å². The van der Waals surface area contributed by atoms with Gasteiger partial charge in [0.25, 0.3) is 5.56 Å². The summed E-state index contributed by atoms with van der Waals surface area (Å²) in [6, 6.07) is 51.6. The van der Waals surface area contributed by atoms with Crippen LogP contribution in [0.2, 0.25) is 0 Å². The Balaban J connectivity index is 0.000000132. The van der Waals surface area contributed by atoms with E-state index in [9.17, 15) is 9.59 Å². The highest BCUT2D eigenvalue weighted by molar-refractivity contribution is 5.98. The van der Waals surface area contributed by atoms with E-state index in [2.05, 4.69) is 127 Å². The van der Waals surface area contributed by atoms with Crippen LogP contribution in [0.1, 0.15) is 43.0 Å². The molecule has 0 fully saturated rings. The molecule has 0 atom stereocenters. The van der Waals surface area contributed by atoms with Crippen LogP contribution >= 0.6 is 0 Å². The van der Waals surface area contributed by atoms with Gasteiger partial charge in [-0.25, -0.2) is 39.9 Å². The second-order valence-electron chi connectivity index (χ2n) is 27.3. The number of benzene rings is 4. The van der Waals surface area contributed by atoms with E-state index in [0.29, 0.717) is 65.3 Å². The first kappa shape index (κ1) is 76.7. The predicted molar refractivity (Wildman–Crippen MR) is 450 cm³/mol. The van der Waals surface area contributed by atoms with Crippen molar-refractivity contribution in [3.05, 3.63) is 258 Å². The van der Waals surface area contributed by atoms with Crippen molar-refractivity contribution in [1.82, 2.24) is 79.1 Å². The molecule has 1 amide bonds. The highest BCUT2D eigenvalue weighted by Gasteiger charge is 2.30. The maximum absolute atomic E-state index is 12.1. The number of pyridine rings is 9. The summed E-state index contributed by atoms with van der Waals surface area (Å²) in [5.41, 5.74) is 39.1. The number of aliphatic hydroxyl groups is 2. The van der Waals surface area contributed by atoms with Gasteiger partial charge in [-0.3, -0.25) is 23.6 Å². The van der Waals surface area contributed by atoms with Crippen LogP contribution in [0.25, 0.3) is 88.1 Å². The molecule has 15 N–H and O–H groups in total. The summed E-state index contributed by atoms with van der Waals surface area (Å²) in [5.74, 6) is 4.34. The average Bonchev–Trinajstić information content (AvgIpc) is 0.922. The Kier molecular flexibility index (Phi) is 23.0. The molecule has 0 unspecified atom stereocenters. The Morgan fingerprint density at radius 2 is 0.788 bits per heavy atom. The number of nitrogens with zero attached hydrogens (tertiary/aromatic N) is 15. The van der Waals surface area contributed by atoms with Gasteiger partial charge in [0, 0.05) is 119 Å². The van der Waals surface area contributed by atoms with Gasteiger partial charge in [0.1, 0.15) is 52.1 Å². The molecule has 16 aromatic rings. The van der Waals surface area contributed by atoms with Gasteiger partial charge < -0.3 is 64.3 Å². The molecule has 113 heavy (non-hydrogen) atoms. The second kappa shape index (κ2) is 34.0. The number of rotatable bonds is 19. The largest absolute Gasteiger partial charge is 0.394 e. The van der Waals surface area contributed by atoms with E-state index in [-0.39, 0.29) is 24.7 Å². The molecule has 570 valence electrons. The fraction of sp³-hybridized carbons (Fsp3) is 0.165. The summed E-state index contributed by atoms with van der Waals surface area (Å²) < 4.78 is 6.47. The highest BCUT2D eigenvalue weighted by Crippen LogP contribution is 2.35. The van der Waals surface area contributed by atoms with E-state index >= 15 is 0 Å². The Morgan fingerprint density at radius 1 is 0.442 bits per heavy atom. The molecular formula is C85H86N24O4. The Bertz CT molecular complexity index is 6210. The fourth-order valence-corrected chi connectivity index (χ4v) is 12.8. The van der Waals surface area contributed by atoms with Gasteiger partial charge in [0.05, 0.1) is 84.7 Å². The van der Waals surface area contributed by atoms with Crippen molar-refractivity contribution in [3.8, 4) is 45.0 Å². The molecule has 0 saturated carbocycles. The van der Waals surface area contributed by atoms with Crippen LogP contribution in [0, 0.1) is 20.8 Å². The van der Waals surface area contributed by atoms with Crippen molar-refractivity contribution < 1.29 is 15.0 Å². The number of nitrogens with two attached hydrogens (primary N) is 4. The third-order valence-electron chi connectivity index (χ3n) is 19.0. The normalized spacial score (nSPS) is 11.1. The smallest absolute Gasteiger partial charge is 0.252 e. The second-order valence-corrected chi connectivity index (χ2v) is 27.3. The molecule has 0 aliphatic heterocycles. The monoisotopic (exact) mass is 1510 g/mol. The van der Waals surface area contributed by atoms with Crippen LogP contribution in [-0.4, -0.2) is 110 Å². The summed E-state index contributed by atoms with van der Waals surface area (Å²) >= 11 is 0. The van der Waals surface area contributed by atoms with Crippen molar-refractivity contribution in [3.63, 3.8) is 0 Å². The number of anilines is 12. The molecule has 4 aromatic carbocycles. The quantitative estimate of drug-likeness (QED) is 0.0358. The number of nitrogen functional groups attached to an aromatic ring is 4. The number of carbonyl (C=O) groups excluding carboxylic acids is 1. The molecule has 0 aliphatic rings. The molecule has 0 radical (unpaired) electrons. The minimum absolute atomic E-state index is 0.0449. The molecule has 0 spiro atoms. The number of aryl methyl sites for hydroxylation is 5. The summed E-state index contributed by atoms with van der Waals surface area (Å²) in [7, 11) is 3.32. The number of likely N-dealkylation sites (N-methyl/N-ethyl adjacent to an activating group) is 1. The van der Waals surface area contributed by atoms with E-state index in [1.165, 1.54) is 16.2 Å². The molecular weight excluding hydrogens is 1420 g/mol. The van der Waals surface area contributed by atoms with Crippen LogP contribution in [0.3, 0.4) is 0 Å². The number of hydrogen-bond donors (Lipinski definition) is 11. The summed E-state index contributed by atoms with van der Waals surface area (Å²) in [4.78, 5) is 59.9. The molecule has 28 nitrogen and oxygen atoms in total. The zero-order valence-corrected chi connectivity index (χ0v) is 63.6. The number of fused-ring (bicyclic) bond motifs is 4. The molecule has 0 aliphatic carbocycles. The fourth-order valence-electron chi connectivity index (χ4n) is 12.8. The lowest BCUT2D eigenvalue weighted by Gasteiger charge is -2.22. The molecule has 12 heterocycles. The van der Waals surface area contributed by atoms with E-state index in [1.54, 1.807) is 97.8 Å². The zero-order chi connectivity index (χ0) is 79.5. The maximum Gasteiger partial charge on any atom is 0.252 e. The van der Waals surface area contributed by atoms with Gasteiger partial charge >= 0.3 is 0 Å². The van der Waals surface area contributed by atoms with Gasteiger partial charge in [0.2, 0.25) is 5.91 Å². The van der Waals surface area contributed by atoms with Crippen LogP contribution in [0.4, 0.5) is 69.3 Å². The van der Waals surface area contributed by atoms with Gasteiger partial charge in [0.15, 0.2) is 0 Å². The van der Waals surface area contributed by atoms with Gasteiger partial charge in [-0.15, -0.1) is 0 Å². The minimum Gasteiger partial charge on any atom is -0.394 e. The highest BCUT2D eigenvalue weighted by atomic mass is 16.3. The number of amides is 1. The molecule has 16 rings (SSSR count). The topological polar surface area (TPSA) is 400 Å². The number of carbonyl (C=O) groups is 1. The molecule has 0 saturated heterocycles. The summed E-state index contributed by atoms with van der Waals surface area (Å²) in [5, 5.41) is 53.2. The van der Waals surface area contributed by atoms with Crippen molar-refractivity contribution >= 4 is 118 Å². The molecule has 0 bridgehead atoms. The Morgan fingerprint density at radius 3 is 1.15 bits per heavy atom. The lowest BCUT2D eigenvalue weighted by atomic mass is 10.0. The number of hydrogen-bond acceptors (Lipinski definition) is 23. The summed E-state index contributed by atoms with van der Waals surface area (Å²) in [6.07, 6.45) is 20.0. The van der Waals surface area contributed by atoms with Crippen LogP contribution in [0.5, 0.6) is 0 Å². The average molecular weight is 1510 g/mol. The standard InChI is InChI=1S/C23H25N7O.C21H22N6O.C21H19N5O.C20H20N6O/c1-14-7-5-6-8-17(14)19-9-15-10-20(26-12-18(15)21(24)29-19)28-16-11-27-30(13-16)23(2,3)22(31)25-4;1-2-14-5-3-4-6-17(14)19-9-15-10-20(23-12-18(15)21(22)26-19)25-16-11-24-27(13-16)7-8-28;1-13-5-3-4-6-16(13)18-9-14-10-19(23-12-17(14)21(22)25-18)24-15-7-8-26(2)20(27)11-15;1-13-4-2-3-5-16(13)18-8-14-9-19(22-11-17(14)20(21)25-18)24-15-10-23-26(12-15)6-7-27/h5-13H,1-4H3,(H2,24,29)(H,25,31)(H,26,28);3-6,9-13,28H,2,7-8H2,1H3,(H2,22,26)(H,23,25);3-12H,1-2H3,(H2,22,25)(H,23,24);2-5,8-12,27H,6-7H2,1H3,(H2,21,25)(H,22,24). The lowest BCUT2D eigenvalue weighted by molar-refractivity contribution is -0.128. The van der Waals surface area contributed by atoms with E-state index in [0.717, 1.165) is 128 Å². The number of nitrogens with one attached hydrogen (secondary N) is 5. The molecule has 12 aromatic heterocycles. The van der Waals surface area contributed by atoms with E-state index in [1.807, 2.05) is 147 Å². The van der Waals surface area contributed by atoms with Crippen LogP contribution < -0.4 is 55.1 Å². The van der Waals surface area contributed by atoms with Crippen molar-refractivity contribution in [2.45, 2.75) is 66.6 Å². The van der Waals surface area contributed by atoms with Crippen molar-refractivity contribution in [2.75, 3.05) is 64.5 Å².